The summed E-state index contributed by atoms with van der Waals surface area (Å²) < 4.78 is 0. The second-order valence-electron chi connectivity index (χ2n) is 1.00. The van der Waals surface area contributed by atoms with Crippen molar-refractivity contribution in [2.75, 3.05) is 6.54 Å². The Morgan fingerprint density at radius 1 is 1.33 bits per heavy atom. The lowest BCUT2D eigenvalue weighted by Gasteiger charge is -1.69. The van der Waals surface area contributed by atoms with E-state index in [4.69, 9.17) is 11.1 Å². The normalized spacial score (nSPS) is 8.00. The summed E-state index contributed by atoms with van der Waals surface area (Å²) in [5.41, 5.74) is 15.5. The highest BCUT2D eigenvalue weighted by Gasteiger charge is 1.65. The van der Waals surface area contributed by atoms with Crippen LogP contribution in [-0.2, 0) is 0 Å². The first-order valence-electron chi connectivity index (χ1n) is 2.12. The maximum Gasteiger partial charge on any atom is 0.0441 e. The zero-order chi connectivity index (χ0) is 6.95. The highest BCUT2D eigenvalue weighted by Crippen LogP contribution is 1.77. The van der Waals surface area contributed by atoms with Gasteiger partial charge in [0.05, 0.1) is 0 Å². The predicted octanol–water partition coefficient (Wildman–Crippen LogP) is 2.12. The van der Waals surface area contributed by atoms with E-state index in [9.17, 15) is 0 Å². The van der Waals surface area contributed by atoms with E-state index in [0.717, 1.165) is 0 Å². The van der Waals surface area contributed by atoms with Crippen molar-refractivity contribution >= 4 is 0 Å². The van der Waals surface area contributed by atoms with E-state index in [-0.39, 0.29) is 6.54 Å². The summed E-state index contributed by atoms with van der Waals surface area (Å²) in [6.45, 7) is 0.218. The summed E-state index contributed by atoms with van der Waals surface area (Å²) >= 11 is 0. The molecule has 0 rings (SSSR count). The number of nitrogens with zero attached hydrogens (tertiary/aromatic N) is 6. The predicted molar refractivity (Wildman–Crippen MR) is 32.3 cm³/mol. The van der Waals surface area contributed by atoms with E-state index >= 15 is 0 Å². The third kappa shape index (κ3) is 6.36. The van der Waals surface area contributed by atoms with Gasteiger partial charge in [0.2, 0.25) is 0 Å². The van der Waals surface area contributed by atoms with Crippen LogP contribution in [0.2, 0.25) is 0 Å². The first-order valence-corrected chi connectivity index (χ1v) is 2.12. The third-order valence-electron chi connectivity index (χ3n) is 0.474. The topological polar surface area (TPSA) is 97.5 Å². The van der Waals surface area contributed by atoms with Crippen LogP contribution in [-0.4, -0.2) is 6.54 Å². The minimum Gasteiger partial charge on any atom is -0.0899 e. The lowest BCUT2D eigenvalue weighted by molar-refractivity contribution is 1.20. The van der Waals surface area contributed by atoms with E-state index in [1.54, 1.807) is 0 Å². The average molecular weight is 124 g/mol. The van der Waals surface area contributed by atoms with Crippen molar-refractivity contribution in [3.8, 4) is 0 Å². The van der Waals surface area contributed by atoms with Gasteiger partial charge in [0, 0.05) is 16.4 Å². The fourth-order valence-corrected chi connectivity index (χ4v) is 0.208. The van der Waals surface area contributed by atoms with Crippen molar-refractivity contribution in [2.24, 2.45) is 10.2 Å². The minimum absolute atomic E-state index is 0.218. The molecule has 0 saturated carbocycles. The highest BCUT2D eigenvalue weighted by atomic mass is 15.1. The van der Waals surface area contributed by atoms with Crippen molar-refractivity contribution in [3.63, 3.8) is 0 Å². The maximum absolute atomic E-state index is 7.74. The molecule has 0 radical (unpaired) electrons. The first kappa shape index (κ1) is 7.36. The lowest BCUT2D eigenvalue weighted by atomic mass is 10.6. The minimum atomic E-state index is 0.218. The van der Waals surface area contributed by atoms with Crippen LogP contribution in [0, 0.1) is 0 Å². The van der Waals surface area contributed by atoms with Crippen LogP contribution in [0.1, 0.15) is 0 Å². The molecule has 0 aliphatic rings. The molecule has 0 atom stereocenters. The Balaban J connectivity index is 3.47. The summed E-state index contributed by atoms with van der Waals surface area (Å²) in [7, 11) is 0. The maximum atomic E-state index is 7.74. The van der Waals surface area contributed by atoms with Gasteiger partial charge >= 0.3 is 0 Å². The van der Waals surface area contributed by atoms with E-state index < -0.39 is 0 Å². The SMILES string of the molecule is [N-]=[N+]=N/C=C/CN=[N+]=[N-]. The Kier molecular flexibility index (Phi) is 5.20. The number of rotatable bonds is 3. The van der Waals surface area contributed by atoms with Crippen LogP contribution in [0.3, 0.4) is 0 Å². The van der Waals surface area contributed by atoms with Gasteiger partial charge in [0.15, 0.2) is 0 Å². The van der Waals surface area contributed by atoms with E-state index in [2.05, 4.69) is 20.1 Å². The van der Waals surface area contributed by atoms with Crippen LogP contribution < -0.4 is 0 Å². The molecule has 0 unspecified atom stereocenters. The monoisotopic (exact) mass is 124 g/mol. The molecule has 0 aromatic rings. The summed E-state index contributed by atoms with van der Waals surface area (Å²) in [6.07, 6.45) is 2.69. The van der Waals surface area contributed by atoms with Crippen molar-refractivity contribution in [2.45, 2.75) is 0 Å². The van der Waals surface area contributed by atoms with Gasteiger partial charge in [-0.3, -0.25) is 0 Å². The van der Waals surface area contributed by atoms with Crippen LogP contribution in [0.15, 0.2) is 22.5 Å². The summed E-state index contributed by atoms with van der Waals surface area (Å²) in [4.78, 5) is 4.91. The molecule has 9 heavy (non-hydrogen) atoms. The van der Waals surface area contributed by atoms with E-state index in [0.29, 0.717) is 0 Å². The Bertz CT molecular complexity index is 180. The third-order valence-corrected chi connectivity index (χ3v) is 0.474. The van der Waals surface area contributed by atoms with Gasteiger partial charge < -0.3 is 0 Å². The summed E-state index contributed by atoms with van der Waals surface area (Å²) in [6, 6.07) is 0. The fourth-order valence-electron chi connectivity index (χ4n) is 0.208. The number of hydrogen-bond donors (Lipinski definition) is 0. The number of azide groups is 2. The van der Waals surface area contributed by atoms with Crippen LogP contribution in [0.5, 0.6) is 0 Å². The fraction of sp³-hybridized carbons (Fsp3) is 0.333. The quantitative estimate of drug-likeness (QED) is 0.312. The van der Waals surface area contributed by atoms with Crippen molar-refractivity contribution in [1.82, 2.24) is 0 Å². The van der Waals surface area contributed by atoms with Gasteiger partial charge in [-0.25, -0.2) is 0 Å². The molecule has 0 bridgehead atoms. The van der Waals surface area contributed by atoms with Gasteiger partial charge in [-0.05, 0) is 17.3 Å². The molecule has 6 heteroatoms. The molecule has 0 aliphatic heterocycles. The Hall–Kier alpha value is -1.64. The molecule has 0 aromatic carbocycles. The average Bonchev–Trinajstić information content (AvgIpc) is 1.89. The van der Waals surface area contributed by atoms with Crippen LogP contribution in [0.25, 0.3) is 20.9 Å². The zero-order valence-electron chi connectivity index (χ0n) is 4.55. The molecule has 46 valence electrons. The molecular formula is C3H4N6. The lowest BCUT2D eigenvalue weighted by Crippen LogP contribution is -1.62. The molecule has 0 amide bonds. The van der Waals surface area contributed by atoms with E-state index in [1.807, 2.05) is 0 Å². The number of hydrogen-bond acceptors (Lipinski definition) is 2. The second-order valence-corrected chi connectivity index (χ2v) is 1.00. The molecule has 0 heterocycles. The Morgan fingerprint density at radius 3 is 2.67 bits per heavy atom. The largest absolute Gasteiger partial charge is 0.0899 e. The first-order chi connectivity index (χ1) is 4.41. The Morgan fingerprint density at radius 2 is 2.11 bits per heavy atom. The van der Waals surface area contributed by atoms with Gasteiger partial charge in [-0.15, -0.1) is 0 Å². The molecule has 0 spiro atoms. The smallest absolute Gasteiger partial charge is 0.0441 e. The van der Waals surface area contributed by atoms with Crippen molar-refractivity contribution < 1.29 is 0 Å². The highest BCUT2D eigenvalue weighted by molar-refractivity contribution is 4.81. The van der Waals surface area contributed by atoms with E-state index in [1.165, 1.54) is 12.3 Å². The standard InChI is InChI=1S/C3H4N6/c4-8-6-2-1-3-7-9-5/h1-2H,3H2/b2-1+. The molecule has 0 aliphatic carbocycles. The van der Waals surface area contributed by atoms with Crippen LogP contribution in [0.4, 0.5) is 0 Å². The Labute approximate surface area is 51.0 Å². The van der Waals surface area contributed by atoms with Gasteiger partial charge in [-0.1, -0.05) is 16.3 Å². The molecule has 0 N–H and O–H groups in total. The molecule has 0 saturated heterocycles. The molecule has 6 nitrogen and oxygen atoms in total. The van der Waals surface area contributed by atoms with Gasteiger partial charge in [0.1, 0.15) is 0 Å². The van der Waals surface area contributed by atoms with Crippen molar-refractivity contribution in [1.29, 1.82) is 0 Å². The van der Waals surface area contributed by atoms with Crippen molar-refractivity contribution in [3.05, 3.63) is 33.2 Å². The summed E-state index contributed by atoms with van der Waals surface area (Å²) in [5, 5.41) is 6.21. The second kappa shape index (κ2) is 6.36. The molecular weight excluding hydrogens is 120 g/mol. The molecule has 0 fully saturated rings. The van der Waals surface area contributed by atoms with Gasteiger partial charge in [-0.2, -0.15) is 0 Å². The summed E-state index contributed by atoms with van der Waals surface area (Å²) in [5.74, 6) is 0. The zero-order valence-corrected chi connectivity index (χ0v) is 4.55. The molecule has 0 aromatic heterocycles. The van der Waals surface area contributed by atoms with Gasteiger partial charge in [0.25, 0.3) is 0 Å². The van der Waals surface area contributed by atoms with Crippen LogP contribution >= 0.6 is 0 Å².